The zero-order chi connectivity index (χ0) is 14.8. The lowest BCUT2D eigenvalue weighted by molar-refractivity contribution is 0.585. The van der Waals surface area contributed by atoms with Crippen molar-refractivity contribution in [1.29, 1.82) is 0 Å². The molecular weight excluding hydrogens is 232 g/mol. The second kappa shape index (κ2) is 5.77. The van der Waals surface area contributed by atoms with Crippen molar-refractivity contribution in [1.82, 2.24) is 0 Å². The molecule has 0 heterocycles. The molecule has 0 aliphatic rings. The molecule has 1 aromatic carbocycles. The highest BCUT2D eigenvalue weighted by molar-refractivity contribution is 5.88. The molecule has 0 unspecified atom stereocenters. The minimum Gasteiger partial charge on any atom is -0.387 e. The van der Waals surface area contributed by atoms with Crippen LogP contribution < -0.4 is 5.73 Å². The quantitative estimate of drug-likeness (QED) is 0.605. The van der Waals surface area contributed by atoms with Crippen molar-refractivity contribution < 1.29 is 0 Å². The maximum absolute atomic E-state index is 6.17. The van der Waals surface area contributed by atoms with Gasteiger partial charge in [-0.05, 0) is 23.0 Å². The van der Waals surface area contributed by atoms with Crippen molar-refractivity contribution in [3.63, 3.8) is 0 Å². The van der Waals surface area contributed by atoms with Crippen molar-refractivity contribution in [2.75, 3.05) is 0 Å². The third-order valence-corrected chi connectivity index (χ3v) is 3.34. The molecule has 0 aliphatic carbocycles. The lowest BCUT2D eigenvalue weighted by atomic mass is 9.91. The smallest absolute Gasteiger partial charge is 0.105 e. The van der Waals surface area contributed by atoms with E-state index in [1.807, 2.05) is 0 Å². The summed E-state index contributed by atoms with van der Waals surface area (Å²) in [5, 5.41) is 0. The van der Waals surface area contributed by atoms with E-state index >= 15 is 0 Å². The molecule has 0 saturated heterocycles. The van der Waals surface area contributed by atoms with Crippen LogP contribution in [-0.2, 0) is 0 Å². The van der Waals surface area contributed by atoms with Gasteiger partial charge in [-0.1, -0.05) is 66.7 Å². The summed E-state index contributed by atoms with van der Waals surface area (Å²) in [7, 11) is 0. The fourth-order valence-electron chi connectivity index (χ4n) is 1.93. The molecule has 0 saturated carbocycles. The number of hydrogen-bond donors (Lipinski definition) is 1. The first kappa shape index (κ1) is 15.7. The lowest BCUT2D eigenvalue weighted by Crippen LogP contribution is -2.28. The normalized spacial score (nSPS) is 13.4. The van der Waals surface area contributed by atoms with Crippen molar-refractivity contribution in [2.24, 2.45) is 16.1 Å². The predicted octanol–water partition coefficient (Wildman–Crippen LogP) is 4.97. The Hall–Kier alpha value is -1.31. The summed E-state index contributed by atoms with van der Waals surface area (Å²) in [4.78, 5) is 4.77. The maximum atomic E-state index is 6.17. The molecule has 2 N–H and O–H groups in total. The Morgan fingerprint density at radius 1 is 1.00 bits per heavy atom. The molecule has 0 fully saturated rings. The molecule has 0 radical (unpaired) electrons. The largest absolute Gasteiger partial charge is 0.387 e. The number of rotatable bonds is 3. The first-order valence-corrected chi connectivity index (χ1v) is 7.12. The van der Waals surface area contributed by atoms with Crippen molar-refractivity contribution in [3.8, 4) is 0 Å². The first-order valence-electron chi connectivity index (χ1n) is 7.12. The Balaban J connectivity index is 3.46. The maximum Gasteiger partial charge on any atom is 0.105 e. The van der Waals surface area contributed by atoms with Crippen LogP contribution in [0.2, 0.25) is 0 Å². The third kappa shape index (κ3) is 3.82. The molecule has 0 spiro atoms. The van der Waals surface area contributed by atoms with Crippen LogP contribution in [0, 0.1) is 5.41 Å². The molecule has 0 aromatic heterocycles. The summed E-state index contributed by atoms with van der Waals surface area (Å²) in [5.74, 6) is 1.60. The SMILES string of the molecule is CC(C)c1cccc(C(C)C)c1N=C(N)C(C)(C)C. The highest BCUT2D eigenvalue weighted by Gasteiger charge is 2.19. The molecule has 2 heteroatoms. The minimum atomic E-state index is -0.0989. The summed E-state index contributed by atoms with van der Waals surface area (Å²) < 4.78 is 0. The van der Waals surface area contributed by atoms with Gasteiger partial charge in [0.25, 0.3) is 0 Å². The van der Waals surface area contributed by atoms with Crippen LogP contribution in [0.5, 0.6) is 0 Å². The molecule has 0 aliphatic heterocycles. The Bertz CT molecular complexity index is 436. The second-order valence-corrected chi connectivity index (χ2v) is 6.84. The number of benzene rings is 1. The number of nitrogens with zero attached hydrogens (tertiary/aromatic N) is 1. The molecule has 1 aromatic rings. The van der Waals surface area contributed by atoms with Crippen LogP contribution in [-0.4, -0.2) is 5.84 Å². The molecule has 106 valence electrons. The van der Waals surface area contributed by atoms with Gasteiger partial charge in [0.15, 0.2) is 0 Å². The van der Waals surface area contributed by atoms with Gasteiger partial charge >= 0.3 is 0 Å². The van der Waals surface area contributed by atoms with Crippen LogP contribution in [0.3, 0.4) is 0 Å². The second-order valence-electron chi connectivity index (χ2n) is 6.84. The minimum absolute atomic E-state index is 0.0989. The molecular formula is C17H28N2. The number of aliphatic imine (C=N–C) groups is 1. The van der Waals surface area contributed by atoms with Gasteiger partial charge in [-0.3, -0.25) is 0 Å². The van der Waals surface area contributed by atoms with Gasteiger partial charge < -0.3 is 5.73 Å². The van der Waals surface area contributed by atoms with E-state index in [-0.39, 0.29) is 5.41 Å². The van der Waals surface area contributed by atoms with Gasteiger partial charge in [0.1, 0.15) is 5.84 Å². The van der Waals surface area contributed by atoms with E-state index in [1.165, 1.54) is 11.1 Å². The molecule has 1 rings (SSSR count). The van der Waals surface area contributed by atoms with E-state index in [0.717, 1.165) is 5.69 Å². The number of para-hydroxylation sites is 1. The monoisotopic (exact) mass is 260 g/mol. The summed E-state index contributed by atoms with van der Waals surface area (Å²) in [6, 6.07) is 6.44. The van der Waals surface area contributed by atoms with Crippen LogP contribution in [0.15, 0.2) is 23.2 Å². The number of nitrogens with two attached hydrogens (primary N) is 1. The highest BCUT2D eigenvalue weighted by atomic mass is 14.9. The molecule has 0 amide bonds. The fraction of sp³-hybridized carbons (Fsp3) is 0.588. The molecule has 19 heavy (non-hydrogen) atoms. The summed E-state index contributed by atoms with van der Waals surface area (Å²) in [6.07, 6.45) is 0. The average Bonchev–Trinajstić information content (AvgIpc) is 2.27. The van der Waals surface area contributed by atoms with Gasteiger partial charge in [0.2, 0.25) is 0 Å². The van der Waals surface area contributed by atoms with Gasteiger partial charge in [-0.15, -0.1) is 0 Å². The van der Waals surface area contributed by atoms with E-state index in [0.29, 0.717) is 17.7 Å². The van der Waals surface area contributed by atoms with E-state index in [9.17, 15) is 0 Å². The summed E-state index contributed by atoms with van der Waals surface area (Å²) >= 11 is 0. The fourth-order valence-corrected chi connectivity index (χ4v) is 1.93. The van der Waals surface area contributed by atoms with Gasteiger partial charge in [-0.2, -0.15) is 0 Å². The van der Waals surface area contributed by atoms with Crippen molar-refractivity contribution >= 4 is 11.5 Å². The summed E-state index contributed by atoms with van der Waals surface area (Å²) in [6.45, 7) is 15.1. The zero-order valence-electron chi connectivity index (χ0n) is 13.4. The number of amidine groups is 1. The van der Waals surface area contributed by atoms with Gasteiger partial charge in [0, 0.05) is 5.41 Å². The van der Waals surface area contributed by atoms with E-state index < -0.39 is 0 Å². The molecule has 0 bridgehead atoms. The predicted molar refractivity (Wildman–Crippen MR) is 85.4 cm³/mol. The van der Waals surface area contributed by atoms with E-state index in [1.54, 1.807) is 0 Å². The van der Waals surface area contributed by atoms with Crippen LogP contribution in [0.25, 0.3) is 0 Å². The average molecular weight is 260 g/mol. The van der Waals surface area contributed by atoms with Crippen molar-refractivity contribution in [2.45, 2.75) is 60.3 Å². The van der Waals surface area contributed by atoms with E-state index in [2.05, 4.69) is 66.7 Å². The Labute approximate surface area is 118 Å². The Morgan fingerprint density at radius 2 is 1.42 bits per heavy atom. The highest BCUT2D eigenvalue weighted by Crippen LogP contribution is 2.35. The Morgan fingerprint density at radius 3 is 1.74 bits per heavy atom. The van der Waals surface area contributed by atoms with Crippen LogP contribution in [0.4, 0.5) is 5.69 Å². The molecule has 0 atom stereocenters. The third-order valence-electron chi connectivity index (χ3n) is 3.34. The number of hydrogen-bond acceptors (Lipinski definition) is 1. The summed E-state index contributed by atoms with van der Waals surface area (Å²) in [5.41, 5.74) is 9.69. The topological polar surface area (TPSA) is 38.4 Å². The first-order chi connectivity index (χ1) is 8.64. The van der Waals surface area contributed by atoms with Crippen LogP contribution in [0.1, 0.15) is 71.4 Å². The zero-order valence-corrected chi connectivity index (χ0v) is 13.4. The van der Waals surface area contributed by atoms with Crippen molar-refractivity contribution in [3.05, 3.63) is 29.3 Å². The van der Waals surface area contributed by atoms with Gasteiger partial charge in [0.05, 0.1) is 5.69 Å². The van der Waals surface area contributed by atoms with Crippen LogP contribution >= 0.6 is 0 Å². The Kier molecular flexibility index (Phi) is 4.78. The standard InChI is InChI=1S/C17H28N2/c1-11(2)13-9-8-10-14(12(3)4)15(13)19-16(18)17(5,6)7/h8-12H,1-7H3,(H2,18,19). The van der Waals surface area contributed by atoms with Gasteiger partial charge in [-0.25, -0.2) is 4.99 Å². The molecule has 2 nitrogen and oxygen atoms in total. The lowest BCUT2D eigenvalue weighted by Gasteiger charge is -2.21. The van der Waals surface area contributed by atoms with E-state index in [4.69, 9.17) is 10.7 Å².